The van der Waals surface area contributed by atoms with E-state index in [1.165, 1.54) is 13.8 Å². The Morgan fingerprint density at radius 2 is 2.00 bits per heavy atom. The number of aliphatic carboxylic acids is 1. The minimum Gasteiger partial charge on any atom is -0.479 e. The van der Waals surface area contributed by atoms with E-state index in [1.807, 2.05) is 0 Å². The molecular formula is C5H9FO2. The monoisotopic (exact) mass is 120 g/mol. The van der Waals surface area contributed by atoms with Gasteiger partial charge in [0.1, 0.15) is 0 Å². The SMILES string of the molecule is CC(C)C(F)C(=O)O. The molecule has 8 heavy (non-hydrogen) atoms. The molecule has 0 fully saturated rings. The summed E-state index contributed by atoms with van der Waals surface area (Å²) in [5.74, 6) is -1.80. The predicted octanol–water partition coefficient (Wildman–Crippen LogP) is 1.07. The number of carbonyl (C=O) groups is 1. The molecule has 1 unspecified atom stereocenters. The highest BCUT2D eigenvalue weighted by Crippen LogP contribution is 2.04. The van der Waals surface area contributed by atoms with Crippen LogP contribution in [0, 0.1) is 5.92 Å². The standard InChI is InChI=1S/C5H9FO2/c1-3(2)4(6)5(7)8/h3-4H,1-2H3,(H,7,8). The highest BCUT2D eigenvalue weighted by atomic mass is 19.1. The van der Waals surface area contributed by atoms with Crippen molar-refractivity contribution >= 4 is 5.97 Å². The molecule has 0 spiro atoms. The lowest BCUT2D eigenvalue weighted by molar-refractivity contribution is -0.144. The summed E-state index contributed by atoms with van der Waals surface area (Å²) in [6, 6.07) is 0. The van der Waals surface area contributed by atoms with Crippen LogP contribution in [0.4, 0.5) is 4.39 Å². The van der Waals surface area contributed by atoms with Crippen LogP contribution in [0.1, 0.15) is 13.8 Å². The number of alkyl halides is 1. The van der Waals surface area contributed by atoms with Crippen molar-refractivity contribution in [1.29, 1.82) is 0 Å². The fourth-order valence-corrected chi connectivity index (χ4v) is 0.285. The van der Waals surface area contributed by atoms with Gasteiger partial charge in [-0.2, -0.15) is 0 Å². The zero-order valence-electron chi connectivity index (χ0n) is 4.89. The topological polar surface area (TPSA) is 37.3 Å². The number of carboxylic acids is 1. The Kier molecular flexibility index (Phi) is 2.45. The van der Waals surface area contributed by atoms with Crippen LogP contribution in [0.5, 0.6) is 0 Å². The van der Waals surface area contributed by atoms with Crippen LogP contribution >= 0.6 is 0 Å². The van der Waals surface area contributed by atoms with E-state index in [0.29, 0.717) is 0 Å². The molecule has 0 saturated heterocycles. The van der Waals surface area contributed by atoms with Gasteiger partial charge in [-0.05, 0) is 5.92 Å². The highest BCUT2D eigenvalue weighted by Gasteiger charge is 2.18. The second-order valence-electron chi connectivity index (χ2n) is 1.98. The van der Waals surface area contributed by atoms with Crippen molar-refractivity contribution in [2.45, 2.75) is 20.0 Å². The van der Waals surface area contributed by atoms with Crippen LogP contribution < -0.4 is 0 Å². The van der Waals surface area contributed by atoms with Gasteiger partial charge in [-0.15, -0.1) is 0 Å². The molecule has 0 aromatic carbocycles. The minimum absolute atomic E-state index is 0.424. The quantitative estimate of drug-likeness (QED) is 0.591. The van der Waals surface area contributed by atoms with Crippen LogP contribution in [0.3, 0.4) is 0 Å². The lowest BCUT2D eigenvalue weighted by Gasteiger charge is -2.03. The van der Waals surface area contributed by atoms with E-state index in [2.05, 4.69) is 0 Å². The Bertz CT molecular complexity index is 90.4. The zero-order chi connectivity index (χ0) is 6.73. The van der Waals surface area contributed by atoms with E-state index >= 15 is 0 Å². The van der Waals surface area contributed by atoms with Gasteiger partial charge in [0.15, 0.2) is 6.17 Å². The highest BCUT2D eigenvalue weighted by molar-refractivity contribution is 5.72. The van der Waals surface area contributed by atoms with Crippen LogP contribution in [0.2, 0.25) is 0 Å². The van der Waals surface area contributed by atoms with Gasteiger partial charge >= 0.3 is 5.97 Å². The summed E-state index contributed by atoms with van der Waals surface area (Å²) in [5.41, 5.74) is 0. The van der Waals surface area contributed by atoms with Crippen molar-refractivity contribution in [3.8, 4) is 0 Å². The van der Waals surface area contributed by atoms with Gasteiger partial charge in [-0.1, -0.05) is 13.8 Å². The van der Waals surface area contributed by atoms with Crippen LogP contribution in [0.15, 0.2) is 0 Å². The van der Waals surface area contributed by atoms with Gasteiger partial charge in [0, 0.05) is 0 Å². The van der Waals surface area contributed by atoms with Gasteiger partial charge in [0.05, 0.1) is 0 Å². The molecule has 0 aromatic rings. The molecule has 0 rings (SSSR count). The fraction of sp³-hybridized carbons (Fsp3) is 0.800. The number of rotatable bonds is 2. The lowest BCUT2D eigenvalue weighted by Crippen LogP contribution is -2.20. The van der Waals surface area contributed by atoms with E-state index in [-0.39, 0.29) is 0 Å². The molecule has 48 valence electrons. The van der Waals surface area contributed by atoms with Crippen molar-refractivity contribution < 1.29 is 14.3 Å². The maximum Gasteiger partial charge on any atom is 0.338 e. The van der Waals surface area contributed by atoms with Crippen molar-refractivity contribution in [2.75, 3.05) is 0 Å². The molecule has 3 heteroatoms. The summed E-state index contributed by atoms with van der Waals surface area (Å²) in [7, 11) is 0. The molecule has 0 aliphatic carbocycles. The Morgan fingerprint density at radius 3 is 2.00 bits per heavy atom. The van der Waals surface area contributed by atoms with E-state index < -0.39 is 18.1 Å². The average molecular weight is 120 g/mol. The number of hydrogen-bond donors (Lipinski definition) is 1. The van der Waals surface area contributed by atoms with Gasteiger partial charge < -0.3 is 5.11 Å². The van der Waals surface area contributed by atoms with Crippen LogP contribution in [0.25, 0.3) is 0 Å². The molecule has 1 atom stereocenters. The number of hydrogen-bond acceptors (Lipinski definition) is 1. The maximum atomic E-state index is 12.0. The van der Waals surface area contributed by atoms with Gasteiger partial charge in [-0.25, -0.2) is 9.18 Å². The average Bonchev–Trinajstić information content (AvgIpc) is 1.64. The molecule has 0 radical (unpaired) electrons. The van der Waals surface area contributed by atoms with Gasteiger partial charge in [0.2, 0.25) is 0 Å². The molecule has 0 aliphatic heterocycles. The summed E-state index contributed by atoms with van der Waals surface area (Å²) in [6.45, 7) is 3.05. The molecule has 0 aromatic heterocycles. The molecule has 0 amide bonds. The van der Waals surface area contributed by atoms with Gasteiger partial charge in [-0.3, -0.25) is 0 Å². The van der Waals surface area contributed by atoms with Gasteiger partial charge in [0.25, 0.3) is 0 Å². The first kappa shape index (κ1) is 7.40. The van der Waals surface area contributed by atoms with Crippen LogP contribution in [-0.4, -0.2) is 17.2 Å². The predicted molar refractivity (Wildman–Crippen MR) is 27.4 cm³/mol. The first-order chi connectivity index (χ1) is 3.55. The molecular weight excluding hydrogens is 111 g/mol. The fourth-order valence-electron chi connectivity index (χ4n) is 0.285. The first-order valence-corrected chi connectivity index (χ1v) is 2.42. The molecule has 1 N–H and O–H groups in total. The lowest BCUT2D eigenvalue weighted by atomic mass is 10.1. The van der Waals surface area contributed by atoms with E-state index in [0.717, 1.165) is 0 Å². The molecule has 2 nitrogen and oxygen atoms in total. The third kappa shape index (κ3) is 1.91. The first-order valence-electron chi connectivity index (χ1n) is 2.42. The molecule has 0 saturated carbocycles. The number of carboxylic acid groups (broad SMARTS) is 1. The van der Waals surface area contributed by atoms with E-state index in [9.17, 15) is 9.18 Å². The summed E-state index contributed by atoms with van der Waals surface area (Å²) < 4.78 is 12.0. The van der Waals surface area contributed by atoms with Crippen molar-refractivity contribution in [2.24, 2.45) is 5.92 Å². The number of halogens is 1. The minimum atomic E-state index is -1.71. The summed E-state index contributed by atoms with van der Waals surface area (Å²) in [5, 5.41) is 7.98. The van der Waals surface area contributed by atoms with E-state index in [4.69, 9.17) is 5.11 Å². The van der Waals surface area contributed by atoms with Crippen molar-refractivity contribution in [3.63, 3.8) is 0 Å². The molecule has 0 bridgehead atoms. The van der Waals surface area contributed by atoms with Crippen molar-refractivity contribution in [1.82, 2.24) is 0 Å². The smallest absolute Gasteiger partial charge is 0.338 e. The summed E-state index contributed by atoms with van der Waals surface area (Å²) >= 11 is 0. The Balaban J connectivity index is 3.64. The second-order valence-corrected chi connectivity index (χ2v) is 1.98. The normalized spacial score (nSPS) is 14.0. The second kappa shape index (κ2) is 2.64. The van der Waals surface area contributed by atoms with Crippen LogP contribution in [-0.2, 0) is 4.79 Å². The third-order valence-corrected chi connectivity index (χ3v) is 0.821. The Labute approximate surface area is 47.3 Å². The molecule has 0 heterocycles. The Morgan fingerprint density at radius 1 is 1.62 bits per heavy atom. The van der Waals surface area contributed by atoms with Crippen molar-refractivity contribution in [3.05, 3.63) is 0 Å². The third-order valence-electron chi connectivity index (χ3n) is 0.821. The molecule has 0 aliphatic rings. The Hall–Kier alpha value is -0.600. The maximum absolute atomic E-state index is 12.0. The largest absolute Gasteiger partial charge is 0.479 e. The van der Waals surface area contributed by atoms with E-state index in [1.54, 1.807) is 0 Å². The zero-order valence-corrected chi connectivity index (χ0v) is 4.89. The summed E-state index contributed by atoms with van der Waals surface area (Å²) in [4.78, 5) is 9.77. The summed E-state index contributed by atoms with van der Waals surface area (Å²) in [6.07, 6.45) is -1.71.